The summed E-state index contributed by atoms with van der Waals surface area (Å²) >= 11 is 6.01. The molecule has 1 aliphatic heterocycles. The number of fused-ring (bicyclic) bond motifs is 1. The highest BCUT2D eigenvalue weighted by molar-refractivity contribution is 6.30. The molecule has 96 valence electrons. The van der Waals surface area contributed by atoms with E-state index in [1.54, 1.807) is 0 Å². The fourth-order valence-corrected chi connectivity index (χ4v) is 2.47. The predicted octanol–water partition coefficient (Wildman–Crippen LogP) is 3.84. The maximum atomic E-state index is 11.9. The Morgan fingerprint density at radius 2 is 1.84 bits per heavy atom. The van der Waals surface area contributed by atoms with E-state index in [4.69, 9.17) is 11.6 Å². The molecule has 0 saturated heterocycles. The Labute approximate surface area is 116 Å². The number of rotatable bonds is 1. The van der Waals surface area contributed by atoms with E-state index in [-0.39, 0.29) is 11.9 Å². The number of para-hydroxylation sites is 2. The van der Waals surface area contributed by atoms with Crippen molar-refractivity contribution in [1.82, 2.24) is 0 Å². The van der Waals surface area contributed by atoms with Crippen LogP contribution in [-0.4, -0.2) is 5.91 Å². The quantitative estimate of drug-likeness (QED) is 0.828. The fourth-order valence-electron chi connectivity index (χ4n) is 2.27. The van der Waals surface area contributed by atoms with Crippen LogP contribution in [0.2, 0.25) is 5.02 Å². The lowest BCUT2D eigenvalue weighted by atomic mass is 10.0. The number of carbonyl (C=O) groups is 1. The molecule has 0 fully saturated rings. The van der Waals surface area contributed by atoms with E-state index in [2.05, 4.69) is 10.6 Å². The van der Waals surface area contributed by atoms with Gasteiger partial charge in [0.1, 0.15) is 0 Å². The van der Waals surface area contributed by atoms with Crippen molar-refractivity contribution >= 4 is 28.9 Å². The molecule has 2 aromatic rings. The van der Waals surface area contributed by atoms with Gasteiger partial charge in [0.05, 0.1) is 23.8 Å². The van der Waals surface area contributed by atoms with E-state index in [9.17, 15) is 4.79 Å². The average Bonchev–Trinajstić information content (AvgIpc) is 2.56. The third kappa shape index (κ3) is 2.56. The third-order valence-corrected chi connectivity index (χ3v) is 3.41. The van der Waals surface area contributed by atoms with Crippen LogP contribution >= 0.6 is 11.6 Å². The predicted molar refractivity (Wildman–Crippen MR) is 77.5 cm³/mol. The van der Waals surface area contributed by atoms with Gasteiger partial charge in [-0.3, -0.25) is 4.79 Å². The minimum absolute atomic E-state index is 0.00225. The summed E-state index contributed by atoms with van der Waals surface area (Å²) in [5, 5.41) is 6.97. The van der Waals surface area contributed by atoms with Crippen LogP contribution in [0.4, 0.5) is 11.4 Å². The van der Waals surface area contributed by atoms with Gasteiger partial charge in [0.15, 0.2) is 0 Å². The minimum atomic E-state index is -0.0673. The van der Waals surface area contributed by atoms with Crippen molar-refractivity contribution in [3.63, 3.8) is 0 Å². The van der Waals surface area contributed by atoms with Crippen LogP contribution in [0.5, 0.6) is 0 Å². The van der Waals surface area contributed by atoms with Gasteiger partial charge in [0.2, 0.25) is 5.91 Å². The molecule has 0 aromatic heterocycles. The molecule has 3 rings (SSSR count). The lowest BCUT2D eigenvalue weighted by Gasteiger charge is -2.17. The Morgan fingerprint density at radius 1 is 1.05 bits per heavy atom. The van der Waals surface area contributed by atoms with Crippen molar-refractivity contribution in [3.05, 3.63) is 59.1 Å². The summed E-state index contributed by atoms with van der Waals surface area (Å²) in [5.41, 5.74) is 2.76. The van der Waals surface area contributed by atoms with Gasteiger partial charge in [0, 0.05) is 5.02 Å². The normalized spacial score (nSPS) is 17.9. The second-order valence-electron chi connectivity index (χ2n) is 4.55. The Morgan fingerprint density at radius 3 is 2.63 bits per heavy atom. The summed E-state index contributed by atoms with van der Waals surface area (Å²) in [6, 6.07) is 15.2. The molecular formula is C15H13ClN2O. The molecule has 1 heterocycles. The molecule has 0 aliphatic carbocycles. The van der Waals surface area contributed by atoms with Gasteiger partial charge in [-0.2, -0.15) is 0 Å². The summed E-state index contributed by atoms with van der Waals surface area (Å²) in [4.78, 5) is 11.9. The van der Waals surface area contributed by atoms with Crippen molar-refractivity contribution in [2.45, 2.75) is 12.5 Å². The Hall–Kier alpha value is -2.00. The van der Waals surface area contributed by atoms with Gasteiger partial charge in [-0.25, -0.2) is 0 Å². The minimum Gasteiger partial charge on any atom is -0.376 e. The largest absolute Gasteiger partial charge is 0.376 e. The average molecular weight is 273 g/mol. The summed E-state index contributed by atoms with van der Waals surface area (Å²) in [7, 11) is 0. The van der Waals surface area contributed by atoms with E-state index < -0.39 is 0 Å². The zero-order valence-electron chi connectivity index (χ0n) is 10.2. The number of hydrogen-bond donors (Lipinski definition) is 2. The molecule has 0 saturated carbocycles. The van der Waals surface area contributed by atoms with Crippen molar-refractivity contribution < 1.29 is 4.79 Å². The molecular weight excluding hydrogens is 260 g/mol. The molecule has 1 atom stereocenters. The van der Waals surface area contributed by atoms with E-state index >= 15 is 0 Å². The van der Waals surface area contributed by atoms with Crippen LogP contribution in [0.25, 0.3) is 0 Å². The smallest absolute Gasteiger partial charge is 0.226 e. The number of amides is 1. The highest BCUT2D eigenvalue weighted by Gasteiger charge is 2.21. The highest BCUT2D eigenvalue weighted by atomic mass is 35.5. The standard InChI is InChI=1S/C15H13ClN2O/c16-11-5-3-4-10(8-11)14-9-15(19)18-13-7-2-1-6-12(13)17-14/h1-8,14,17H,9H2,(H,18,19). The van der Waals surface area contributed by atoms with Gasteiger partial charge in [-0.05, 0) is 29.8 Å². The van der Waals surface area contributed by atoms with Crippen molar-refractivity contribution in [1.29, 1.82) is 0 Å². The van der Waals surface area contributed by atoms with Gasteiger partial charge in [0.25, 0.3) is 0 Å². The first-order valence-electron chi connectivity index (χ1n) is 6.13. The number of halogens is 1. The first kappa shape index (κ1) is 12.1. The molecule has 0 bridgehead atoms. The van der Waals surface area contributed by atoms with E-state index in [1.165, 1.54) is 0 Å². The summed E-state index contributed by atoms with van der Waals surface area (Å²) < 4.78 is 0. The van der Waals surface area contributed by atoms with Crippen LogP contribution in [-0.2, 0) is 4.79 Å². The third-order valence-electron chi connectivity index (χ3n) is 3.17. The molecule has 3 nitrogen and oxygen atoms in total. The number of benzene rings is 2. The van der Waals surface area contributed by atoms with Crippen LogP contribution < -0.4 is 10.6 Å². The number of carbonyl (C=O) groups excluding carboxylic acids is 1. The van der Waals surface area contributed by atoms with E-state index in [1.807, 2.05) is 48.5 Å². The zero-order valence-corrected chi connectivity index (χ0v) is 10.9. The van der Waals surface area contributed by atoms with Crippen LogP contribution in [0, 0.1) is 0 Å². The first-order chi connectivity index (χ1) is 9.22. The molecule has 4 heteroatoms. The lowest BCUT2D eigenvalue weighted by Crippen LogP contribution is -2.15. The van der Waals surface area contributed by atoms with E-state index in [0.29, 0.717) is 11.4 Å². The maximum Gasteiger partial charge on any atom is 0.226 e. The second-order valence-corrected chi connectivity index (χ2v) is 4.99. The number of hydrogen-bond acceptors (Lipinski definition) is 2. The van der Waals surface area contributed by atoms with Gasteiger partial charge >= 0.3 is 0 Å². The van der Waals surface area contributed by atoms with E-state index in [0.717, 1.165) is 16.9 Å². The van der Waals surface area contributed by atoms with Crippen LogP contribution in [0.15, 0.2) is 48.5 Å². The number of anilines is 2. The van der Waals surface area contributed by atoms with Gasteiger partial charge in [-0.1, -0.05) is 35.9 Å². The topological polar surface area (TPSA) is 41.1 Å². The zero-order chi connectivity index (χ0) is 13.2. The van der Waals surface area contributed by atoms with Crippen LogP contribution in [0.1, 0.15) is 18.0 Å². The molecule has 0 radical (unpaired) electrons. The molecule has 2 N–H and O–H groups in total. The highest BCUT2D eigenvalue weighted by Crippen LogP contribution is 2.32. The SMILES string of the molecule is O=C1CC(c2cccc(Cl)c2)Nc2ccccc2N1. The summed E-state index contributed by atoms with van der Waals surface area (Å²) in [6.07, 6.45) is 0.384. The Kier molecular flexibility index (Phi) is 3.13. The summed E-state index contributed by atoms with van der Waals surface area (Å²) in [6.45, 7) is 0. The van der Waals surface area contributed by atoms with Crippen molar-refractivity contribution in [2.24, 2.45) is 0 Å². The van der Waals surface area contributed by atoms with Gasteiger partial charge in [-0.15, -0.1) is 0 Å². The molecule has 0 spiro atoms. The van der Waals surface area contributed by atoms with Gasteiger partial charge < -0.3 is 10.6 Å². The Bertz CT molecular complexity index is 627. The Balaban J connectivity index is 1.98. The monoisotopic (exact) mass is 272 g/mol. The lowest BCUT2D eigenvalue weighted by molar-refractivity contribution is -0.116. The van der Waals surface area contributed by atoms with Crippen molar-refractivity contribution in [2.75, 3.05) is 10.6 Å². The fraction of sp³-hybridized carbons (Fsp3) is 0.133. The summed E-state index contributed by atoms with van der Waals surface area (Å²) in [5.74, 6) is 0.00225. The maximum absolute atomic E-state index is 11.9. The first-order valence-corrected chi connectivity index (χ1v) is 6.51. The van der Waals surface area contributed by atoms with Crippen LogP contribution in [0.3, 0.4) is 0 Å². The number of nitrogens with one attached hydrogen (secondary N) is 2. The molecule has 19 heavy (non-hydrogen) atoms. The molecule has 1 amide bonds. The molecule has 1 aliphatic rings. The second kappa shape index (κ2) is 4.94. The van der Waals surface area contributed by atoms with Crippen molar-refractivity contribution in [3.8, 4) is 0 Å². The molecule has 1 unspecified atom stereocenters. The molecule has 2 aromatic carbocycles.